The van der Waals surface area contributed by atoms with Gasteiger partial charge in [-0.2, -0.15) is 0 Å². The van der Waals surface area contributed by atoms with E-state index in [0.29, 0.717) is 24.4 Å². The molecule has 0 aliphatic carbocycles. The largest absolute Gasteiger partial charge is 0.506 e. The molecule has 0 spiro atoms. The van der Waals surface area contributed by atoms with Crippen molar-refractivity contribution in [2.45, 2.75) is 6.92 Å². The van der Waals surface area contributed by atoms with Gasteiger partial charge in [0.15, 0.2) is 22.6 Å². The van der Waals surface area contributed by atoms with Crippen LogP contribution in [0.2, 0.25) is 10.3 Å². The maximum Gasteiger partial charge on any atom is 0.343 e. The lowest BCUT2D eigenvalue weighted by Crippen LogP contribution is -2.12. The van der Waals surface area contributed by atoms with Crippen LogP contribution in [-0.2, 0) is 9.53 Å². The molecule has 28 heavy (non-hydrogen) atoms. The summed E-state index contributed by atoms with van der Waals surface area (Å²) < 4.78 is 58.8. The fourth-order valence-corrected chi connectivity index (χ4v) is 2.37. The minimum absolute atomic E-state index is 0.121. The predicted molar refractivity (Wildman–Crippen MR) is 94.9 cm³/mol. The maximum atomic E-state index is 13.7. The van der Waals surface area contributed by atoms with Gasteiger partial charge in [0.2, 0.25) is 0 Å². The highest BCUT2D eigenvalue weighted by molar-refractivity contribution is 6.34. The van der Waals surface area contributed by atoms with Crippen molar-refractivity contribution in [2.24, 2.45) is 4.99 Å². The second-order valence-corrected chi connectivity index (χ2v) is 5.77. The number of nitrogens with zero attached hydrogens (tertiary/aromatic N) is 2. The Balaban J connectivity index is 2.62. The summed E-state index contributed by atoms with van der Waals surface area (Å²) in [6.45, 7) is 1.34. The van der Waals surface area contributed by atoms with Crippen LogP contribution in [0.1, 0.15) is 12.5 Å². The van der Waals surface area contributed by atoms with E-state index >= 15 is 0 Å². The monoisotopic (exact) mass is 436 g/mol. The SMILES string of the molecule is CCOC(=O)C(C=Nc1c(F)cc(F)cc1F)=C(O)c1cc(F)c(Cl)nc1Cl. The molecule has 2 aromatic rings. The molecule has 0 aliphatic heterocycles. The lowest BCUT2D eigenvalue weighted by Gasteiger charge is -2.09. The van der Waals surface area contributed by atoms with Gasteiger partial charge in [-0.3, -0.25) is 0 Å². The number of aliphatic hydroxyl groups excluding tert-OH is 1. The summed E-state index contributed by atoms with van der Waals surface area (Å²) in [5.41, 5.74) is -2.09. The van der Waals surface area contributed by atoms with Crippen LogP contribution in [0.25, 0.3) is 5.76 Å². The Labute approximate surface area is 165 Å². The summed E-state index contributed by atoms with van der Waals surface area (Å²) in [4.78, 5) is 19.0. The molecule has 0 bridgehead atoms. The van der Waals surface area contributed by atoms with Crippen molar-refractivity contribution in [2.75, 3.05) is 6.61 Å². The summed E-state index contributed by atoms with van der Waals surface area (Å²) in [5, 5.41) is 9.30. The molecule has 1 N–H and O–H groups in total. The van der Waals surface area contributed by atoms with Crippen molar-refractivity contribution in [1.29, 1.82) is 0 Å². The fraction of sp³-hybridized carbons (Fsp3) is 0.118. The van der Waals surface area contributed by atoms with E-state index in [1.165, 1.54) is 6.92 Å². The number of aliphatic hydroxyl groups is 1. The first-order chi connectivity index (χ1) is 13.1. The molecule has 1 aromatic carbocycles. The van der Waals surface area contributed by atoms with Crippen molar-refractivity contribution in [1.82, 2.24) is 4.98 Å². The maximum absolute atomic E-state index is 13.7. The highest BCUT2D eigenvalue weighted by Gasteiger charge is 2.21. The quantitative estimate of drug-likeness (QED) is 0.175. The number of halogens is 6. The summed E-state index contributed by atoms with van der Waals surface area (Å²) in [6.07, 6.45) is 0.565. The zero-order valence-corrected chi connectivity index (χ0v) is 15.5. The number of aromatic nitrogens is 1. The minimum Gasteiger partial charge on any atom is -0.506 e. The summed E-state index contributed by atoms with van der Waals surface area (Å²) >= 11 is 11.3. The molecule has 0 amide bonds. The number of benzene rings is 1. The van der Waals surface area contributed by atoms with Gasteiger partial charge < -0.3 is 9.84 Å². The normalized spacial score (nSPS) is 12.2. The molecule has 1 heterocycles. The Morgan fingerprint density at radius 2 is 1.75 bits per heavy atom. The first-order valence-electron chi connectivity index (χ1n) is 7.46. The van der Waals surface area contributed by atoms with E-state index in [0.717, 1.165) is 0 Å². The smallest absolute Gasteiger partial charge is 0.343 e. The lowest BCUT2D eigenvalue weighted by molar-refractivity contribution is -0.137. The molecule has 0 radical (unpaired) electrons. The van der Waals surface area contributed by atoms with Crippen LogP contribution in [0, 0.1) is 23.3 Å². The van der Waals surface area contributed by atoms with Crippen molar-refractivity contribution in [3.63, 3.8) is 0 Å². The topological polar surface area (TPSA) is 71.8 Å². The van der Waals surface area contributed by atoms with Crippen molar-refractivity contribution in [3.8, 4) is 0 Å². The fourth-order valence-electron chi connectivity index (χ4n) is 1.96. The zero-order valence-electron chi connectivity index (χ0n) is 13.9. The number of hydrogen-bond acceptors (Lipinski definition) is 5. The highest BCUT2D eigenvalue weighted by Crippen LogP contribution is 2.28. The van der Waals surface area contributed by atoms with Crippen molar-refractivity contribution >= 4 is 46.8 Å². The molecule has 11 heteroatoms. The van der Waals surface area contributed by atoms with Crippen LogP contribution in [0.15, 0.2) is 28.8 Å². The summed E-state index contributed by atoms with van der Waals surface area (Å²) in [7, 11) is 0. The third-order valence-electron chi connectivity index (χ3n) is 3.20. The van der Waals surface area contributed by atoms with Gasteiger partial charge >= 0.3 is 5.97 Å². The van der Waals surface area contributed by atoms with Gasteiger partial charge in [0, 0.05) is 18.3 Å². The Morgan fingerprint density at radius 3 is 2.32 bits per heavy atom. The number of pyridine rings is 1. The first kappa shape index (κ1) is 21.6. The Kier molecular flexibility index (Phi) is 6.98. The summed E-state index contributed by atoms with van der Waals surface area (Å²) in [5.74, 6) is -7.02. The van der Waals surface area contributed by atoms with Crippen LogP contribution in [0.3, 0.4) is 0 Å². The van der Waals surface area contributed by atoms with Crippen molar-refractivity contribution < 1.29 is 32.2 Å². The highest BCUT2D eigenvalue weighted by atomic mass is 35.5. The number of esters is 1. The van der Waals surface area contributed by atoms with E-state index < -0.39 is 62.1 Å². The molecule has 0 saturated carbocycles. The number of aliphatic imine (C=N–C) groups is 1. The van der Waals surface area contributed by atoms with Gasteiger partial charge in [-0.1, -0.05) is 23.2 Å². The third kappa shape index (κ3) is 4.79. The molecular weight excluding hydrogens is 427 g/mol. The predicted octanol–water partition coefficient (Wildman–Crippen LogP) is 5.18. The minimum atomic E-state index is -1.35. The molecule has 5 nitrogen and oxygen atoms in total. The molecule has 0 saturated heterocycles. The Bertz CT molecular complexity index is 974. The summed E-state index contributed by atoms with van der Waals surface area (Å²) in [6, 6.07) is 1.44. The molecule has 148 valence electrons. The number of hydrogen-bond donors (Lipinski definition) is 1. The van der Waals surface area contributed by atoms with Gasteiger partial charge in [0.05, 0.1) is 12.2 Å². The second kappa shape index (κ2) is 9.03. The molecule has 2 rings (SSSR count). The van der Waals surface area contributed by atoms with E-state index in [9.17, 15) is 27.5 Å². The average molecular weight is 437 g/mol. The second-order valence-electron chi connectivity index (χ2n) is 5.06. The van der Waals surface area contributed by atoms with Gasteiger partial charge in [-0.25, -0.2) is 32.3 Å². The van der Waals surface area contributed by atoms with Crippen LogP contribution >= 0.6 is 23.2 Å². The van der Waals surface area contributed by atoms with Crippen LogP contribution < -0.4 is 0 Å². The standard InChI is InChI=1S/C17H10Cl2F4N2O3/c1-2-28-17(27)9(6-24-13-10(21)3-7(20)4-11(13)22)14(26)8-5-12(23)16(19)25-15(8)18/h3-6,26H,2H2,1H3. The first-order valence-corrected chi connectivity index (χ1v) is 8.22. The molecule has 0 unspecified atom stereocenters. The van der Waals surface area contributed by atoms with Crippen LogP contribution in [0.5, 0.6) is 0 Å². The van der Waals surface area contributed by atoms with E-state index in [2.05, 4.69) is 9.98 Å². The lowest BCUT2D eigenvalue weighted by atomic mass is 10.1. The van der Waals surface area contributed by atoms with Gasteiger partial charge in [0.1, 0.15) is 28.0 Å². The zero-order chi connectivity index (χ0) is 21.0. The Hall–Kier alpha value is -2.65. The molecule has 1 aromatic heterocycles. The average Bonchev–Trinajstić information content (AvgIpc) is 2.60. The third-order valence-corrected chi connectivity index (χ3v) is 3.75. The van der Waals surface area contributed by atoms with E-state index in [1.807, 2.05) is 0 Å². The number of ether oxygens (including phenoxy) is 1. The number of rotatable bonds is 5. The molecule has 0 aliphatic rings. The number of carbonyl (C=O) groups excluding carboxylic acids is 1. The van der Waals surface area contributed by atoms with E-state index in [4.69, 9.17) is 27.9 Å². The van der Waals surface area contributed by atoms with Crippen LogP contribution in [0.4, 0.5) is 23.2 Å². The van der Waals surface area contributed by atoms with E-state index in [1.54, 1.807) is 0 Å². The number of carbonyl (C=O) groups is 1. The van der Waals surface area contributed by atoms with Gasteiger partial charge in [-0.05, 0) is 13.0 Å². The van der Waals surface area contributed by atoms with E-state index in [-0.39, 0.29) is 6.61 Å². The Morgan fingerprint density at radius 1 is 1.14 bits per heavy atom. The van der Waals surface area contributed by atoms with Gasteiger partial charge in [-0.15, -0.1) is 0 Å². The van der Waals surface area contributed by atoms with Crippen LogP contribution in [-0.4, -0.2) is 28.9 Å². The molecule has 0 fully saturated rings. The molecule has 0 atom stereocenters. The van der Waals surface area contributed by atoms with Gasteiger partial charge in [0.25, 0.3) is 0 Å². The molecular formula is C17H10Cl2F4N2O3. The van der Waals surface area contributed by atoms with Crippen molar-refractivity contribution in [3.05, 3.63) is 62.9 Å².